The molecule has 2 aromatic rings. The summed E-state index contributed by atoms with van der Waals surface area (Å²) >= 11 is 0. The number of hydrogen-bond acceptors (Lipinski definition) is 3. The summed E-state index contributed by atoms with van der Waals surface area (Å²) in [4.78, 5) is 4.45. The average molecular weight is 359 g/mol. The van der Waals surface area contributed by atoms with Crippen molar-refractivity contribution in [2.75, 3.05) is 32.2 Å². The van der Waals surface area contributed by atoms with Crippen LogP contribution >= 0.6 is 0 Å². The quantitative estimate of drug-likeness (QED) is 0.406. The maximum Gasteiger partial charge on any atom is 0.196 e. The molecular formula is C20H26FN3O2. The van der Waals surface area contributed by atoms with Gasteiger partial charge in [-0.3, -0.25) is 0 Å². The molecule has 0 heterocycles. The Bertz CT molecular complexity index is 707. The monoisotopic (exact) mass is 359 g/mol. The van der Waals surface area contributed by atoms with E-state index in [0.717, 1.165) is 17.9 Å². The molecule has 0 unspecified atom stereocenters. The number of anilines is 1. The van der Waals surface area contributed by atoms with Crippen molar-refractivity contribution in [1.82, 2.24) is 5.32 Å². The lowest BCUT2D eigenvalue weighted by Crippen LogP contribution is -2.30. The number of rotatable bonds is 9. The first-order valence-electron chi connectivity index (χ1n) is 8.73. The molecule has 26 heavy (non-hydrogen) atoms. The van der Waals surface area contributed by atoms with E-state index < -0.39 is 0 Å². The van der Waals surface area contributed by atoms with E-state index >= 15 is 0 Å². The number of ether oxygens (including phenoxy) is 2. The van der Waals surface area contributed by atoms with Gasteiger partial charge in [0.2, 0.25) is 0 Å². The van der Waals surface area contributed by atoms with E-state index in [1.54, 1.807) is 25.3 Å². The minimum absolute atomic E-state index is 0.251. The molecule has 2 rings (SSSR count). The number of methoxy groups -OCH3 is 1. The smallest absolute Gasteiger partial charge is 0.196 e. The summed E-state index contributed by atoms with van der Waals surface area (Å²) in [6.45, 7) is 4.21. The van der Waals surface area contributed by atoms with E-state index in [2.05, 4.69) is 15.6 Å². The first-order valence-corrected chi connectivity index (χ1v) is 8.73. The van der Waals surface area contributed by atoms with E-state index in [1.165, 1.54) is 6.07 Å². The van der Waals surface area contributed by atoms with Crippen LogP contribution in [0.2, 0.25) is 0 Å². The highest BCUT2D eigenvalue weighted by Gasteiger charge is 2.03. The lowest BCUT2D eigenvalue weighted by Gasteiger charge is -2.13. The van der Waals surface area contributed by atoms with Crippen molar-refractivity contribution < 1.29 is 13.9 Å². The Morgan fingerprint density at radius 1 is 1.12 bits per heavy atom. The minimum Gasteiger partial charge on any atom is -0.493 e. The average Bonchev–Trinajstić information content (AvgIpc) is 2.65. The highest BCUT2D eigenvalue weighted by Crippen LogP contribution is 2.17. The molecule has 0 saturated carbocycles. The van der Waals surface area contributed by atoms with Crippen molar-refractivity contribution in [1.29, 1.82) is 0 Å². The normalized spacial score (nSPS) is 11.3. The van der Waals surface area contributed by atoms with E-state index in [1.807, 2.05) is 31.2 Å². The van der Waals surface area contributed by atoms with Crippen LogP contribution in [0.15, 0.2) is 53.5 Å². The minimum atomic E-state index is -0.251. The fourth-order valence-electron chi connectivity index (χ4n) is 2.29. The molecule has 6 heteroatoms. The van der Waals surface area contributed by atoms with Crippen LogP contribution in [0.4, 0.5) is 10.1 Å². The van der Waals surface area contributed by atoms with Crippen molar-refractivity contribution >= 4 is 11.6 Å². The second kappa shape index (κ2) is 11.1. The first kappa shape index (κ1) is 19.7. The standard InChI is InChI=1S/C20H26FN3O2/c1-3-22-20(23-15-16-8-4-5-11-19(16)21)24-17-9-6-10-18(14-17)26-13-7-12-25-2/h4-6,8-11,14H,3,7,12-13,15H2,1-2H3,(H2,22,23,24). The van der Waals surface area contributed by atoms with Crippen molar-refractivity contribution in [2.45, 2.75) is 19.9 Å². The SMILES string of the molecule is CCNC(=NCc1ccccc1F)Nc1cccc(OCCCOC)c1. The summed E-state index contributed by atoms with van der Waals surface area (Å²) < 4.78 is 24.5. The summed E-state index contributed by atoms with van der Waals surface area (Å²) in [5, 5.41) is 6.38. The molecule has 0 aliphatic carbocycles. The van der Waals surface area contributed by atoms with Crippen LogP contribution in [0.25, 0.3) is 0 Å². The molecule has 0 fully saturated rings. The van der Waals surface area contributed by atoms with Gasteiger partial charge in [-0.15, -0.1) is 0 Å². The zero-order valence-corrected chi connectivity index (χ0v) is 15.3. The molecule has 0 atom stereocenters. The van der Waals surface area contributed by atoms with Crippen molar-refractivity contribution in [3.05, 3.63) is 59.9 Å². The van der Waals surface area contributed by atoms with Crippen LogP contribution < -0.4 is 15.4 Å². The van der Waals surface area contributed by atoms with Gasteiger partial charge >= 0.3 is 0 Å². The molecule has 0 spiro atoms. The molecule has 2 N–H and O–H groups in total. The molecular weight excluding hydrogens is 333 g/mol. The Morgan fingerprint density at radius 2 is 1.96 bits per heavy atom. The van der Waals surface area contributed by atoms with Crippen LogP contribution in [0, 0.1) is 5.82 Å². The Balaban J connectivity index is 2.00. The number of hydrogen-bond donors (Lipinski definition) is 2. The summed E-state index contributed by atoms with van der Waals surface area (Å²) in [6, 6.07) is 14.3. The fraction of sp³-hybridized carbons (Fsp3) is 0.350. The number of halogens is 1. The third-order valence-electron chi connectivity index (χ3n) is 3.57. The highest BCUT2D eigenvalue weighted by atomic mass is 19.1. The molecule has 140 valence electrons. The Kier molecular flexibility index (Phi) is 8.42. The Hall–Kier alpha value is -2.60. The molecule has 0 amide bonds. The van der Waals surface area contributed by atoms with Crippen molar-refractivity contribution in [3.63, 3.8) is 0 Å². The van der Waals surface area contributed by atoms with E-state index in [0.29, 0.717) is 31.3 Å². The summed E-state index contributed by atoms with van der Waals surface area (Å²) in [7, 11) is 1.67. The number of aliphatic imine (C=N–C) groups is 1. The first-order chi connectivity index (χ1) is 12.7. The van der Waals surface area contributed by atoms with Gasteiger partial charge < -0.3 is 20.1 Å². The predicted molar refractivity (Wildman–Crippen MR) is 103 cm³/mol. The van der Waals surface area contributed by atoms with Gasteiger partial charge in [-0.25, -0.2) is 9.38 Å². The maximum atomic E-state index is 13.7. The second-order valence-corrected chi connectivity index (χ2v) is 5.63. The van der Waals surface area contributed by atoms with Crippen LogP contribution in [0.3, 0.4) is 0 Å². The van der Waals surface area contributed by atoms with Gasteiger partial charge in [0.05, 0.1) is 13.2 Å². The van der Waals surface area contributed by atoms with Gasteiger partial charge in [-0.2, -0.15) is 0 Å². The van der Waals surface area contributed by atoms with Crippen LogP contribution in [0.1, 0.15) is 18.9 Å². The topological polar surface area (TPSA) is 54.9 Å². The van der Waals surface area contributed by atoms with E-state index in [9.17, 15) is 4.39 Å². The molecule has 0 aromatic heterocycles. The van der Waals surface area contributed by atoms with Crippen LogP contribution in [-0.4, -0.2) is 32.8 Å². The molecule has 0 bridgehead atoms. The summed E-state index contributed by atoms with van der Waals surface area (Å²) in [5.74, 6) is 1.11. The molecule has 2 aromatic carbocycles. The molecule has 0 aliphatic rings. The zero-order chi connectivity index (χ0) is 18.6. The van der Waals surface area contributed by atoms with Gasteiger partial charge in [0.25, 0.3) is 0 Å². The van der Waals surface area contributed by atoms with Gasteiger partial charge in [0.1, 0.15) is 11.6 Å². The van der Waals surface area contributed by atoms with Gasteiger partial charge in [-0.1, -0.05) is 24.3 Å². The molecule has 5 nitrogen and oxygen atoms in total. The molecule has 0 saturated heterocycles. The predicted octanol–water partition coefficient (Wildman–Crippen LogP) is 3.82. The lowest BCUT2D eigenvalue weighted by atomic mass is 10.2. The van der Waals surface area contributed by atoms with Crippen molar-refractivity contribution in [2.24, 2.45) is 4.99 Å². The second-order valence-electron chi connectivity index (χ2n) is 5.63. The summed E-state index contributed by atoms with van der Waals surface area (Å²) in [6.07, 6.45) is 0.834. The van der Waals surface area contributed by atoms with E-state index in [-0.39, 0.29) is 12.4 Å². The number of nitrogens with zero attached hydrogens (tertiary/aromatic N) is 1. The third kappa shape index (κ3) is 6.72. The van der Waals surface area contributed by atoms with E-state index in [4.69, 9.17) is 9.47 Å². The van der Waals surface area contributed by atoms with Gasteiger partial charge in [0.15, 0.2) is 5.96 Å². The number of benzene rings is 2. The Morgan fingerprint density at radius 3 is 2.73 bits per heavy atom. The van der Waals surface area contributed by atoms with Crippen LogP contribution in [-0.2, 0) is 11.3 Å². The summed E-state index contributed by atoms with van der Waals surface area (Å²) in [5.41, 5.74) is 1.41. The van der Waals surface area contributed by atoms with Gasteiger partial charge in [-0.05, 0) is 25.1 Å². The third-order valence-corrected chi connectivity index (χ3v) is 3.57. The Labute approximate surface area is 154 Å². The molecule has 0 radical (unpaired) electrons. The highest BCUT2D eigenvalue weighted by molar-refractivity contribution is 5.93. The molecule has 0 aliphatic heterocycles. The maximum absolute atomic E-state index is 13.7. The largest absolute Gasteiger partial charge is 0.493 e. The fourth-order valence-corrected chi connectivity index (χ4v) is 2.29. The van der Waals surface area contributed by atoms with Crippen molar-refractivity contribution in [3.8, 4) is 5.75 Å². The lowest BCUT2D eigenvalue weighted by molar-refractivity contribution is 0.172. The van der Waals surface area contributed by atoms with Crippen LogP contribution in [0.5, 0.6) is 5.75 Å². The van der Waals surface area contributed by atoms with Gasteiger partial charge in [0, 0.05) is 44.0 Å². The number of guanidine groups is 1. The number of nitrogens with one attached hydrogen (secondary N) is 2. The zero-order valence-electron chi connectivity index (χ0n) is 15.3.